The third-order valence-corrected chi connectivity index (χ3v) is 3.56. The molecule has 1 unspecified atom stereocenters. The van der Waals surface area contributed by atoms with E-state index in [0.717, 1.165) is 5.02 Å². The number of ether oxygens (including phenoxy) is 1. The van der Waals surface area contributed by atoms with E-state index in [1.165, 1.54) is 25.5 Å². The average Bonchev–Trinajstić information content (AvgIpc) is 3.20. The largest absolute Gasteiger partial charge is 0.468 e. The molecule has 1 aromatic rings. The van der Waals surface area contributed by atoms with E-state index < -0.39 is 0 Å². The molecule has 2 rings (SSSR count). The topological polar surface area (TPSA) is 38.3 Å². The summed E-state index contributed by atoms with van der Waals surface area (Å²) in [5.74, 6) is 0.382. The number of esters is 1. The summed E-state index contributed by atoms with van der Waals surface area (Å²) in [5, 5.41) is 4.08. The molecule has 1 aliphatic rings. The number of carbonyl (C=O) groups is 1. The average molecular weight is 268 g/mol. The molecule has 0 aromatic heterocycles. The van der Waals surface area contributed by atoms with Crippen LogP contribution in [0.1, 0.15) is 31.4 Å². The van der Waals surface area contributed by atoms with Gasteiger partial charge >= 0.3 is 5.97 Å². The van der Waals surface area contributed by atoms with Crippen molar-refractivity contribution in [1.29, 1.82) is 0 Å². The van der Waals surface area contributed by atoms with Crippen molar-refractivity contribution in [1.82, 2.24) is 5.32 Å². The lowest BCUT2D eigenvalue weighted by Crippen LogP contribution is -2.38. The predicted octanol–water partition coefficient (Wildman–Crippen LogP) is 2.94. The molecule has 0 aliphatic heterocycles. The fourth-order valence-electron chi connectivity index (χ4n) is 2.12. The number of hydrogen-bond donors (Lipinski definition) is 1. The molecule has 1 N–H and O–H groups in total. The van der Waals surface area contributed by atoms with Crippen molar-refractivity contribution in [3.63, 3.8) is 0 Å². The second-order valence-electron chi connectivity index (χ2n) is 4.78. The lowest BCUT2D eigenvalue weighted by molar-refractivity contribution is -0.142. The Balaban J connectivity index is 2.09. The minimum atomic E-state index is -0.295. The first-order valence-corrected chi connectivity index (χ1v) is 6.59. The standard InChI is InChI=1S/C14H18ClNO2/c1-9(14(17)18-2)16-13(10-3-4-10)11-5-7-12(15)8-6-11/h5-10,13,16H,3-4H2,1-2H3/t9-,13?/m0/s1. The summed E-state index contributed by atoms with van der Waals surface area (Å²) in [6.07, 6.45) is 2.41. The van der Waals surface area contributed by atoms with Crippen molar-refractivity contribution in [3.05, 3.63) is 34.9 Å². The molecule has 0 bridgehead atoms. The van der Waals surface area contributed by atoms with Gasteiger partial charge in [0, 0.05) is 11.1 Å². The van der Waals surface area contributed by atoms with Gasteiger partial charge < -0.3 is 4.74 Å². The Bertz CT molecular complexity index is 414. The zero-order chi connectivity index (χ0) is 13.1. The molecule has 0 heterocycles. The monoisotopic (exact) mass is 267 g/mol. The number of nitrogens with one attached hydrogen (secondary N) is 1. The molecule has 18 heavy (non-hydrogen) atoms. The Morgan fingerprint density at radius 2 is 2.00 bits per heavy atom. The molecule has 0 amide bonds. The van der Waals surface area contributed by atoms with E-state index in [4.69, 9.17) is 16.3 Å². The van der Waals surface area contributed by atoms with E-state index in [2.05, 4.69) is 5.32 Å². The highest BCUT2D eigenvalue weighted by Crippen LogP contribution is 2.41. The molecule has 1 fully saturated rings. The van der Waals surface area contributed by atoms with E-state index in [1.54, 1.807) is 0 Å². The Morgan fingerprint density at radius 1 is 1.39 bits per heavy atom. The van der Waals surface area contributed by atoms with Crippen LogP contribution in [-0.2, 0) is 9.53 Å². The van der Waals surface area contributed by atoms with Gasteiger partial charge in [0.1, 0.15) is 6.04 Å². The fourth-order valence-corrected chi connectivity index (χ4v) is 2.24. The van der Waals surface area contributed by atoms with Gasteiger partial charge in [-0.1, -0.05) is 23.7 Å². The number of carbonyl (C=O) groups excluding carboxylic acids is 1. The summed E-state index contributed by atoms with van der Waals surface area (Å²) in [6, 6.07) is 7.71. The minimum Gasteiger partial charge on any atom is -0.468 e. The number of methoxy groups -OCH3 is 1. The van der Waals surface area contributed by atoms with Gasteiger partial charge in [0.05, 0.1) is 7.11 Å². The number of benzene rings is 1. The molecule has 3 nitrogen and oxygen atoms in total. The van der Waals surface area contributed by atoms with Crippen LogP contribution in [0.3, 0.4) is 0 Å². The van der Waals surface area contributed by atoms with E-state index in [-0.39, 0.29) is 18.1 Å². The Kier molecular flexibility index (Phi) is 4.25. The molecule has 1 aliphatic carbocycles. The van der Waals surface area contributed by atoms with Crippen LogP contribution >= 0.6 is 11.6 Å². The van der Waals surface area contributed by atoms with E-state index in [9.17, 15) is 4.79 Å². The van der Waals surface area contributed by atoms with Gasteiger partial charge in [-0.05, 0) is 43.4 Å². The van der Waals surface area contributed by atoms with Crippen LogP contribution in [-0.4, -0.2) is 19.1 Å². The van der Waals surface area contributed by atoms with E-state index in [0.29, 0.717) is 5.92 Å². The maximum absolute atomic E-state index is 11.5. The summed E-state index contributed by atoms with van der Waals surface area (Å²) in [7, 11) is 1.41. The van der Waals surface area contributed by atoms with Crippen molar-refractivity contribution < 1.29 is 9.53 Å². The fraction of sp³-hybridized carbons (Fsp3) is 0.500. The molecular weight excluding hydrogens is 250 g/mol. The van der Waals surface area contributed by atoms with Gasteiger partial charge in [0.2, 0.25) is 0 Å². The zero-order valence-corrected chi connectivity index (χ0v) is 11.4. The first kappa shape index (κ1) is 13.4. The molecular formula is C14H18ClNO2. The maximum Gasteiger partial charge on any atom is 0.322 e. The second kappa shape index (κ2) is 5.72. The lowest BCUT2D eigenvalue weighted by atomic mass is 10.0. The van der Waals surface area contributed by atoms with Crippen molar-refractivity contribution in [2.24, 2.45) is 5.92 Å². The van der Waals surface area contributed by atoms with Crippen LogP contribution in [0.25, 0.3) is 0 Å². The number of halogens is 1. The Hall–Kier alpha value is -1.06. The molecule has 98 valence electrons. The normalized spacial score (nSPS) is 18.2. The van der Waals surface area contributed by atoms with Gasteiger partial charge in [0.15, 0.2) is 0 Å². The molecule has 1 saturated carbocycles. The summed E-state index contributed by atoms with van der Waals surface area (Å²) < 4.78 is 4.75. The van der Waals surface area contributed by atoms with E-state index >= 15 is 0 Å². The summed E-state index contributed by atoms with van der Waals surface area (Å²) in [6.45, 7) is 1.83. The third-order valence-electron chi connectivity index (χ3n) is 3.31. The zero-order valence-electron chi connectivity index (χ0n) is 10.7. The Morgan fingerprint density at radius 3 is 2.50 bits per heavy atom. The van der Waals surface area contributed by atoms with Crippen LogP contribution < -0.4 is 5.32 Å². The molecule has 2 atom stereocenters. The number of hydrogen-bond acceptors (Lipinski definition) is 3. The van der Waals surface area contributed by atoms with Crippen LogP contribution in [0.15, 0.2) is 24.3 Å². The maximum atomic E-state index is 11.5. The van der Waals surface area contributed by atoms with Gasteiger partial charge in [-0.2, -0.15) is 0 Å². The SMILES string of the molecule is COC(=O)[C@H](C)NC(c1ccc(Cl)cc1)C1CC1. The third kappa shape index (κ3) is 3.24. The number of rotatable bonds is 5. The summed E-state index contributed by atoms with van der Waals surface area (Å²) in [4.78, 5) is 11.5. The van der Waals surface area contributed by atoms with Crippen LogP contribution in [0.5, 0.6) is 0 Å². The second-order valence-corrected chi connectivity index (χ2v) is 5.21. The molecule has 4 heteroatoms. The minimum absolute atomic E-state index is 0.205. The summed E-state index contributed by atoms with van der Waals surface area (Å²) in [5.41, 5.74) is 1.18. The van der Waals surface area contributed by atoms with E-state index in [1.807, 2.05) is 31.2 Å². The van der Waals surface area contributed by atoms with Gasteiger partial charge in [-0.15, -0.1) is 0 Å². The Labute approximate surface area is 112 Å². The molecule has 0 saturated heterocycles. The molecule has 1 aromatic carbocycles. The molecule has 0 spiro atoms. The van der Waals surface area contributed by atoms with Crippen molar-refractivity contribution >= 4 is 17.6 Å². The van der Waals surface area contributed by atoms with Crippen LogP contribution in [0.2, 0.25) is 5.02 Å². The highest BCUT2D eigenvalue weighted by molar-refractivity contribution is 6.30. The van der Waals surface area contributed by atoms with Crippen LogP contribution in [0, 0.1) is 5.92 Å². The smallest absolute Gasteiger partial charge is 0.322 e. The molecule has 0 radical (unpaired) electrons. The predicted molar refractivity (Wildman–Crippen MR) is 71.5 cm³/mol. The van der Waals surface area contributed by atoms with Crippen LogP contribution in [0.4, 0.5) is 0 Å². The van der Waals surface area contributed by atoms with Gasteiger partial charge in [-0.25, -0.2) is 0 Å². The quantitative estimate of drug-likeness (QED) is 0.834. The van der Waals surface area contributed by atoms with Gasteiger partial charge in [0.25, 0.3) is 0 Å². The summed E-state index contributed by atoms with van der Waals surface area (Å²) >= 11 is 5.90. The van der Waals surface area contributed by atoms with Gasteiger partial charge in [-0.3, -0.25) is 10.1 Å². The lowest BCUT2D eigenvalue weighted by Gasteiger charge is -2.22. The van der Waals surface area contributed by atoms with Crippen molar-refractivity contribution in [2.75, 3.05) is 7.11 Å². The highest BCUT2D eigenvalue weighted by Gasteiger charge is 2.34. The first-order valence-electron chi connectivity index (χ1n) is 6.21. The first-order chi connectivity index (χ1) is 8.61. The van der Waals surface area contributed by atoms with Crippen molar-refractivity contribution in [3.8, 4) is 0 Å². The van der Waals surface area contributed by atoms with Crippen molar-refractivity contribution in [2.45, 2.75) is 31.8 Å². The highest BCUT2D eigenvalue weighted by atomic mass is 35.5.